The Hall–Kier alpha value is -1.13. The van der Waals surface area contributed by atoms with Gasteiger partial charge in [-0.2, -0.15) is 0 Å². The lowest BCUT2D eigenvalue weighted by molar-refractivity contribution is 0.261. The topological polar surface area (TPSA) is 29.5 Å². The first-order valence-electron chi connectivity index (χ1n) is 8.11. The summed E-state index contributed by atoms with van der Waals surface area (Å²) in [7, 11) is 3.44. The number of benzene rings is 1. The summed E-state index contributed by atoms with van der Waals surface area (Å²) in [6.45, 7) is 1.63. The molecule has 2 aliphatic rings. The number of hydrogen-bond donors (Lipinski definition) is 0. The Bertz CT molecular complexity index is 565. The number of nitrogens with zero attached hydrogens (tertiary/aromatic N) is 1. The smallest absolute Gasteiger partial charge is 0.119 e. The van der Waals surface area contributed by atoms with Crippen LogP contribution in [0.1, 0.15) is 31.2 Å². The van der Waals surface area contributed by atoms with Crippen molar-refractivity contribution in [3.63, 3.8) is 0 Å². The molecular weight excluding hydrogens is 294 g/mol. The summed E-state index contributed by atoms with van der Waals surface area (Å²) in [5.41, 5.74) is 2.63. The molecule has 22 heavy (non-hydrogen) atoms. The molecule has 1 aromatic rings. The number of fused-ring (bicyclic) bond motifs is 2. The first-order chi connectivity index (χ1) is 10.6. The predicted octanol–water partition coefficient (Wildman–Crippen LogP) is 3.08. The Labute approximate surface area is 135 Å². The zero-order valence-corrected chi connectivity index (χ0v) is 14.3. The van der Waals surface area contributed by atoms with E-state index in [1.54, 1.807) is 0 Å². The van der Waals surface area contributed by atoms with Gasteiger partial charge in [0.25, 0.3) is 0 Å². The highest BCUT2D eigenvalue weighted by Crippen LogP contribution is 2.37. The maximum Gasteiger partial charge on any atom is 0.119 e. The maximum atomic E-state index is 12.3. The SMILES string of the molecule is CN(C)CCOc1ccc(C2=CC3CCCC(C2)S3=O)cc1. The highest BCUT2D eigenvalue weighted by molar-refractivity contribution is 7.86. The maximum absolute atomic E-state index is 12.3. The van der Waals surface area contributed by atoms with Crippen LogP contribution in [0.3, 0.4) is 0 Å². The molecule has 0 amide bonds. The summed E-state index contributed by atoms with van der Waals surface area (Å²) in [5, 5.41) is 0.647. The van der Waals surface area contributed by atoms with Gasteiger partial charge in [0, 0.05) is 22.6 Å². The predicted molar refractivity (Wildman–Crippen MR) is 92.7 cm³/mol. The van der Waals surface area contributed by atoms with Crippen LogP contribution in [0.5, 0.6) is 5.75 Å². The van der Waals surface area contributed by atoms with E-state index in [9.17, 15) is 4.21 Å². The first-order valence-corrected chi connectivity index (χ1v) is 9.39. The minimum Gasteiger partial charge on any atom is -0.492 e. The molecule has 4 heteroatoms. The molecule has 0 radical (unpaired) electrons. The van der Waals surface area contributed by atoms with E-state index < -0.39 is 10.8 Å². The van der Waals surface area contributed by atoms with E-state index in [2.05, 4.69) is 23.1 Å². The second kappa shape index (κ2) is 6.97. The summed E-state index contributed by atoms with van der Waals surface area (Å²) >= 11 is 0. The van der Waals surface area contributed by atoms with Crippen LogP contribution in [-0.2, 0) is 10.8 Å². The van der Waals surface area contributed by atoms with Crippen LogP contribution in [0.25, 0.3) is 5.57 Å². The van der Waals surface area contributed by atoms with E-state index in [0.717, 1.165) is 31.6 Å². The monoisotopic (exact) mass is 319 g/mol. The van der Waals surface area contributed by atoms with Crippen molar-refractivity contribution in [3.05, 3.63) is 35.9 Å². The fourth-order valence-corrected chi connectivity index (χ4v) is 5.16. The summed E-state index contributed by atoms with van der Waals surface area (Å²) in [6, 6.07) is 8.38. The number of ether oxygens (including phenoxy) is 1. The number of allylic oxidation sites excluding steroid dienone is 1. The summed E-state index contributed by atoms with van der Waals surface area (Å²) in [6.07, 6.45) is 6.64. The molecule has 3 rings (SSSR count). The molecule has 3 unspecified atom stereocenters. The Morgan fingerprint density at radius 1 is 1.23 bits per heavy atom. The third-order valence-electron chi connectivity index (χ3n) is 4.51. The van der Waals surface area contributed by atoms with Crippen LogP contribution < -0.4 is 4.74 Å². The van der Waals surface area contributed by atoms with E-state index in [1.807, 2.05) is 26.2 Å². The normalized spacial score (nSPS) is 27.6. The second-order valence-corrected chi connectivity index (χ2v) is 8.42. The molecule has 1 aromatic carbocycles. The van der Waals surface area contributed by atoms with Crippen LogP contribution >= 0.6 is 0 Å². The van der Waals surface area contributed by atoms with Crippen molar-refractivity contribution in [2.75, 3.05) is 27.2 Å². The van der Waals surface area contributed by atoms with E-state index in [1.165, 1.54) is 17.6 Å². The van der Waals surface area contributed by atoms with Crippen molar-refractivity contribution >= 4 is 16.4 Å². The zero-order valence-electron chi connectivity index (χ0n) is 13.5. The van der Waals surface area contributed by atoms with Crippen molar-refractivity contribution < 1.29 is 8.95 Å². The van der Waals surface area contributed by atoms with Crippen LogP contribution in [0.15, 0.2) is 30.3 Å². The molecule has 2 bridgehead atoms. The van der Waals surface area contributed by atoms with Gasteiger partial charge in [-0.05, 0) is 56.6 Å². The Balaban J connectivity index is 1.67. The Kier molecular flexibility index (Phi) is 4.99. The molecular formula is C18H25NO2S. The zero-order chi connectivity index (χ0) is 15.5. The van der Waals surface area contributed by atoms with Crippen molar-refractivity contribution in [1.29, 1.82) is 0 Å². The lowest BCUT2D eigenvalue weighted by atomic mass is 9.93. The van der Waals surface area contributed by atoms with Crippen LogP contribution in [-0.4, -0.2) is 46.9 Å². The van der Waals surface area contributed by atoms with Gasteiger partial charge < -0.3 is 9.64 Å². The molecule has 2 heterocycles. The number of likely N-dealkylation sites (N-methyl/N-ethyl adjacent to an activating group) is 1. The summed E-state index contributed by atoms with van der Waals surface area (Å²) in [5.74, 6) is 0.922. The quantitative estimate of drug-likeness (QED) is 0.835. The fourth-order valence-electron chi connectivity index (χ4n) is 3.22. The minimum atomic E-state index is -0.649. The molecule has 0 aliphatic carbocycles. The van der Waals surface area contributed by atoms with Crippen molar-refractivity contribution in [2.24, 2.45) is 0 Å². The lowest BCUT2D eigenvalue weighted by Gasteiger charge is -2.32. The molecule has 1 fully saturated rings. The molecule has 3 nitrogen and oxygen atoms in total. The first kappa shape index (κ1) is 15.8. The number of hydrogen-bond acceptors (Lipinski definition) is 3. The molecule has 0 spiro atoms. The van der Waals surface area contributed by atoms with E-state index in [-0.39, 0.29) is 5.25 Å². The van der Waals surface area contributed by atoms with E-state index >= 15 is 0 Å². The van der Waals surface area contributed by atoms with Crippen molar-refractivity contribution in [3.8, 4) is 5.75 Å². The average Bonchev–Trinajstić information content (AvgIpc) is 2.47. The highest BCUT2D eigenvalue weighted by atomic mass is 32.2. The number of rotatable bonds is 5. The van der Waals surface area contributed by atoms with E-state index in [4.69, 9.17) is 4.74 Å². The van der Waals surface area contributed by atoms with Gasteiger partial charge >= 0.3 is 0 Å². The Morgan fingerprint density at radius 2 is 2.00 bits per heavy atom. The second-order valence-electron chi connectivity index (χ2n) is 6.49. The highest BCUT2D eigenvalue weighted by Gasteiger charge is 2.33. The van der Waals surface area contributed by atoms with Gasteiger partial charge in [-0.3, -0.25) is 4.21 Å². The summed E-state index contributed by atoms with van der Waals surface area (Å²) < 4.78 is 18.0. The summed E-state index contributed by atoms with van der Waals surface area (Å²) in [4.78, 5) is 2.11. The van der Waals surface area contributed by atoms with Gasteiger partial charge in [-0.15, -0.1) is 0 Å². The standard InChI is InChI=1S/C18H25NO2S/c1-19(2)10-11-21-16-8-6-14(7-9-16)15-12-17-4-3-5-18(13-15)22(17)20/h6-9,12,17-18H,3-5,10-11,13H2,1-2H3. The van der Waals surface area contributed by atoms with Crippen molar-refractivity contribution in [2.45, 2.75) is 36.2 Å². The van der Waals surface area contributed by atoms with Gasteiger partial charge in [-0.25, -0.2) is 0 Å². The largest absolute Gasteiger partial charge is 0.492 e. The van der Waals surface area contributed by atoms with Crippen molar-refractivity contribution in [1.82, 2.24) is 4.90 Å². The van der Waals surface area contributed by atoms with Gasteiger partial charge in [0.05, 0.1) is 5.25 Å². The fraction of sp³-hybridized carbons (Fsp3) is 0.556. The minimum absolute atomic E-state index is 0.276. The molecule has 2 aliphatic heterocycles. The third-order valence-corrected chi connectivity index (χ3v) is 6.54. The molecule has 1 saturated heterocycles. The molecule has 0 aromatic heterocycles. The van der Waals surface area contributed by atoms with Gasteiger partial charge in [0.1, 0.15) is 12.4 Å². The third kappa shape index (κ3) is 3.61. The Morgan fingerprint density at radius 3 is 2.68 bits per heavy atom. The van der Waals surface area contributed by atoms with Gasteiger partial charge in [-0.1, -0.05) is 24.6 Å². The van der Waals surface area contributed by atoms with Crippen LogP contribution in [0, 0.1) is 0 Å². The van der Waals surface area contributed by atoms with Crippen LogP contribution in [0.4, 0.5) is 0 Å². The van der Waals surface area contributed by atoms with Gasteiger partial charge in [0.2, 0.25) is 0 Å². The molecule has 0 saturated carbocycles. The molecule has 0 N–H and O–H groups in total. The lowest BCUT2D eigenvalue weighted by Crippen LogP contribution is -2.33. The molecule has 3 atom stereocenters. The van der Waals surface area contributed by atoms with E-state index in [0.29, 0.717) is 11.9 Å². The van der Waals surface area contributed by atoms with Gasteiger partial charge in [0.15, 0.2) is 0 Å². The molecule has 120 valence electrons. The average molecular weight is 319 g/mol. The van der Waals surface area contributed by atoms with Crippen LogP contribution in [0.2, 0.25) is 0 Å².